The van der Waals surface area contributed by atoms with Crippen molar-refractivity contribution in [3.8, 4) is 11.5 Å². The Balaban J connectivity index is 2.09. The fraction of sp³-hybridized carbons (Fsp3) is 0.200. The van der Waals surface area contributed by atoms with E-state index in [-0.39, 0.29) is 5.78 Å². The molecular weight excluding hydrogens is 274 g/mol. The maximum absolute atomic E-state index is 12.2. The van der Waals surface area contributed by atoms with Crippen LogP contribution in [0.5, 0.6) is 11.5 Å². The minimum absolute atomic E-state index is 0.000145. The van der Waals surface area contributed by atoms with Gasteiger partial charge >= 0.3 is 0 Å². The van der Waals surface area contributed by atoms with Crippen LogP contribution in [-0.4, -0.2) is 30.7 Å². The zero-order valence-electron chi connectivity index (χ0n) is 11.3. The van der Waals surface area contributed by atoms with Crippen molar-refractivity contribution < 1.29 is 14.3 Å². The van der Waals surface area contributed by atoms with Gasteiger partial charge in [0.15, 0.2) is 5.78 Å². The van der Waals surface area contributed by atoms with E-state index in [4.69, 9.17) is 9.47 Å². The fourth-order valence-electron chi connectivity index (χ4n) is 1.68. The maximum atomic E-state index is 12.2. The van der Waals surface area contributed by atoms with Crippen molar-refractivity contribution in [1.82, 2.24) is 4.98 Å². The summed E-state index contributed by atoms with van der Waals surface area (Å²) in [7, 11) is 3.12. The zero-order valence-corrected chi connectivity index (χ0v) is 12.1. The molecule has 1 heterocycles. The molecule has 0 aliphatic rings. The summed E-state index contributed by atoms with van der Waals surface area (Å²) in [5.41, 5.74) is 0.553. The predicted octanol–water partition coefficient (Wildman–Crippen LogP) is 3.07. The van der Waals surface area contributed by atoms with Gasteiger partial charge in [-0.25, -0.2) is 4.98 Å². The lowest BCUT2D eigenvalue weighted by atomic mass is 10.1. The highest BCUT2D eigenvalue weighted by molar-refractivity contribution is 7.99. The highest BCUT2D eigenvalue weighted by atomic mass is 32.2. The largest absolute Gasteiger partial charge is 0.497 e. The number of benzene rings is 1. The number of Topliss-reactive ketones (excluding diaryl/α,β-unsaturated/α-hetero) is 1. The molecule has 0 atom stereocenters. The Bertz CT molecular complexity index is 587. The Labute approximate surface area is 122 Å². The molecule has 0 amide bonds. The molecule has 0 saturated carbocycles. The number of hydrogen-bond acceptors (Lipinski definition) is 5. The third-order valence-corrected chi connectivity index (χ3v) is 3.64. The number of ether oxygens (including phenoxy) is 2. The van der Waals surface area contributed by atoms with Crippen molar-refractivity contribution in [3.05, 3.63) is 48.2 Å². The van der Waals surface area contributed by atoms with E-state index in [0.717, 1.165) is 5.03 Å². The van der Waals surface area contributed by atoms with E-state index < -0.39 is 0 Å². The molecular formula is C15H15NO3S. The quantitative estimate of drug-likeness (QED) is 0.604. The average molecular weight is 289 g/mol. The molecule has 0 aliphatic carbocycles. The number of ketones is 1. The van der Waals surface area contributed by atoms with Gasteiger partial charge in [0, 0.05) is 12.3 Å². The van der Waals surface area contributed by atoms with E-state index in [9.17, 15) is 4.79 Å². The van der Waals surface area contributed by atoms with Crippen LogP contribution in [0, 0.1) is 0 Å². The van der Waals surface area contributed by atoms with Gasteiger partial charge in [0.05, 0.1) is 30.6 Å². The lowest BCUT2D eigenvalue weighted by Gasteiger charge is -2.09. The van der Waals surface area contributed by atoms with Gasteiger partial charge in [-0.2, -0.15) is 0 Å². The maximum Gasteiger partial charge on any atom is 0.176 e. The lowest BCUT2D eigenvalue weighted by molar-refractivity contribution is 0.101. The van der Waals surface area contributed by atoms with Crippen molar-refractivity contribution in [2.75, 3.05) is 20.0 Å². The second-order valence-corrected chi connectivity index (χ2v) is 4.94. The van der Waals surface area contributed by atoms with Gasteiger partial charge in [-0.15, -0.1) is 0 Å². The molecule has 0 N–H and O–H groups in total. The number of methoxy groups -OCH3 is 2. The number of thioether (sulfide) groups is 1. The first kappa shape index (κ1) is 14.4. The molecule has 20 heavy (non-hydrogen) atoms. The number of hydrogen-bond donors (Lipinski definition) is 0. The molecule has 0 saturated heterocycles. The Morgan fingerprint density at radius 2 is 2.05 bits per heavy atom. The number of carbonyl (C=O) groups is 1. The lowest BCUT2D eigenvalue weighted by Crippen LogP contribution is -2.05. The Hall–Kier alpha value is -2.01. The fourth-order valence-corrected chi connectivity index (χ4v) is 2.42. The summed E-state index contributed by atoms with van der Waals surface area (Å²) < 4.78 is 10.3. The summed E-state index contributed by atoms with van der Waals surface area (Å²) in [6.07, 6.45) is 1.71. The highest BCUT2D eigenvalue weighted by Crippen LogP contribution is 2.26. The van der Waals surface area contributed by atoms with Crippen LogP contribution < -0.4 is 9.47 Å². The van der Waals surface area contributed by atoms with Gasteiger partial charge in [0.1, 0.15) is 11.5 Å². The summed E-state index contributed by atoms with van der Waals surface area (Å²) in [5.74, 6) is 1.51. The van der Waals surface area contributed by atoms with Gasteiger partial charge in [0.2, 0.25) is 0 Å². The topological polar surface area (TPSA) is 48.4 Å². The first-order valence-corrected chi connectivity index (χ1v) is 7.02. The third-order valence-electron chi connectivity index (χ3n) is 2.70. The second kappa shape index (κ2) is 6.96. The normalized spacial score (nSPS) is 10.1. The molecule has 0 unspecified atom stereocenters. The molecule has 2 aromatic rings. The van der Waals surface area contributed by atoms with Crippen molar-refractivity contribution in [3.63, 3.8) is 0 Å². The van der Waals surface area contributed by atoms with Gasteiger partial charge in [-0.1, -0.05) is 17.8 Å². The Morgan fingerprint density at radius 3 is 2.70 bits per heavy atom. The molecule has 4 nitrogen and oxygen atoms in total. The van der Waals surface area contributed by atoms with Gasteiger partial charge in [0.25, 0.3) is 0 Å². The van der Waals surface area contributed by atoms with Gasteiger partial charge < -0.3 is 9.47 Å². The summed E-state index contributed by atoms with van der Waals surface area (Å²) in [5, 5.41) is 0.827. The first-order chi connectivity index (χ1) is 9.74. The summed E-state index contributed by atoms with van der Waals surface area (Å²) in [4.78, 5) is 16.4. The SMILES string of the molecule is COc1ccc(C(=O)CSc2ccccn2)c(OC)c1. The van der Waals surface area contributed by atoms with Crippen molar-refractivity contribution in [1.29, 1.82) is 0 Å². The molecule has 0 spiro atoms. The van der Waals surface area contributed by atoms with Crippen molar-refractivity contribution in [2.45, 2.75) is 5.03 Å². The number of carbonyl (C=O) groups excluding carboxylic acids is 1. The van der Waals surface area contributed by atoms with Crippen LogP contribution in [0.2, 0.25) is 0 Å². The van der Waals surface area contributed by atoms with E-state index in [1.807, 2.05) is 18.2 Å². The van der Waals surface area contributed by atoms with Gasteiger partial charge in [-0.05, 0) is 24.3 Å². The number of pyridine rings is 1. The van der Waals surface area contributed by atoms with Crippen molar-refractivity contribution >= 4 is 17.5 Å². The minimum Gasteiger partial charge on any atom is -0.497 e. The number of rotatable bonds is 6. The number of aromatic nitrogens is 1. The smallest absolute Gasteiger partial charge is 0.176 e. The third kappa shape index (κ3) is 3.51. The van der Waals surface area contributed by atoms with Crippen LogP contribution in [0.3, 0.4) is 0 Å². The van der Waals surface area contributed by atoms with Crippen LogP contribution in [-0.2, 0) is 0 Å². The molecule has 5 heteroatoms. The summed E-state index contributed by atoms with van der Waals surface area (Å²) in [6.45, 7) is 0. The molecule has 2 rings (SSSR count). The van der Waals surface area contributed by atoms with E-state index in [2.05, 4.69) is 4.98 Å². The molecule has 0 fully saturated rings. The Kier molecular flexibility index (Phi) is 5.01. The van der Waals surface area contributed by atoms with Gasteiger partial charge in [-0.3, -0.25) is 4.79 Å². The summed E-state index contributed by atoms with van der Waals surface area (Å²) in [6, 6.07) is 10.8. The van der Waals surface area contributed by atoms with E-state index in [1.165, 1.54) is 18.9 Å². The molecule has 0 radical (unpaired) electrons. The molecule has 104 valence electrons. The molecule has 1 aromatic carbocycles. The standard InChI is InChI=1S/C15H15NO3S/c1-18-11-6-7-12(14(9-11)19-2)13(17)10-20-15-5-3-4-8-16-15/h3-9H,10H2,1-2H3. The molecule has 0 bridgehead atoms. The predicted molar refractivity (Wildman–Crippen MR) is 78.8 cm³/mol. The van der Waals surface area contributed by atoms with Crippen LogP contribution in [0.4, 0.5) is 0 Å². The zero-order chi connectivity index (χ0) is 14.4. The highest BCUT2D eigenvalue weighted by Gasteiger charge is 2.13. The molecule has 1 aromatic heterocycles. The van der Waals surface area contributed by atoms with E-state index in [1.54, 1.807) is 31.5 Å². The minimum atomic E-state index is 0.000145. The Morgan fingerprint density at radius 1 is 1.20 bits per heavy atom. The number of nitrogens with zero attached hydrogens (tertiary/aromatic N) is 1. The average Bonchev–Trinajstić information content (AvgIpc) is 2.52. The van der Waals surface area contributed by atoms with E-state index >= 15 is 0 Å². The van der Waals surface area contributed by atoms with Crippen LogP contribution in [0.1, 0.15) is 10.4 Å². The van der Waals surface area contributed by atoms with Crippen LogP contribution in [0.15, 0.2) is 47.6 Å². The van der Waals surface area contributed by atoms with E-state index in [0.29, 0.717) is 22.8 Å². The first-order valence-electron chi connectivity index (χ1n) is 6.03. The monoisotopic (exact) mass is 289 g/mol. The van der Waals surface area contributed by atoms with Crippen molar-refractivity contribution in [2.24, 2.45) is 0 Å². The molecule has 0 aliphatic heterocycles. The van der Waals surface area contributed by atoms with Crippen LogP contribution in [0.25, 0.3) is 0 Å². The summed E-state index contributed by atoms with van der Waals surface area (Å²) >= 11 is 1.41. The van der Waals surface area contributed by atoms with Crippen LogP contribution >= 0.6 is 11.8 Å². The second-order valence-electron chi connectivity index (χ2n) is 3.95.